The fourth-order valence-corrected chi connectivity index (χ4v) is 4.52. The molecule has 0 fully saturated rings. The Morgan fingerprint density at radius 2 is 1.68 bits per heavy atom. The van der Waals surface area contributed by atoms with Crippen molar-refractivity contribution in [1.29, 1.82) is 0 Å². The van der Waals surface area contributed by atoms with Gasteiger partial charge in [-0.3, -0.25) is 0 Å². The lowest BCUT2D eigenvalue weighted by Crippen LogP contribution is -2.39. The van der Waals surface area contributed by atoms with E-state index in [0.29, 0.717) is 19.0 Å². The molecule has 0 saturated carbocycles. The van der Waals surface area contributed by atoms with Gasteiger partial charge in [0.15, 0.2) is 5.60 Å². The average Bonchev–Trinajstić information content (AvgIpc) is 3.22. The van der Waals surface area contributed by atoms with Crippen LogP contribution in [0.15, 0.2) is 60.7 Å². The SMILES string of the molecule is CCCOCCn1c(CCCc2ccc(OC(C)(C)C(=O)OCC)cc2)nc2cc3ccccc3cc21. The molecule has 0 bridgehead atoms. The van der Waals surface area contributed by atoms with Crippen molar-refractivity contribution in [3.05, 3.63) is 72.1 Å². The van der Waals surface area contributed by atoms with Gasteiger partial charge in [0.1, 0.15) is 11.6 Å². The van der Waals surface area contributed by atoms with Gasteiger partial charge in [-0.15, -0.1) is 0 Å². The Morgan fingerprint density at radius 3 is 2.38 bits per heavy atom. The van der Waals surface area contributed by atoms with Gasteiger partial charge in [0, 0.05) is 19.6 Å². The summed E-state index contributed by atoms with van der Waals surface area (Å²) in [6, 6.07) is 20.8. The van der Waals surface area contributed by atoms with E-state index in [1.54, 1.807) is 20.8 Å². The Morgan fingerprint density at radius 1 is 0.946 bits per heavy atom. The highest BCUT2D eigenvalue weighted by molar-refractivity contribution is 5.95. The second-order valence-corrected chi connectivity index (χ2v) is 9.81. The topological polar surface area (TPSA) is 62.6 Å². The van der Waals surface area contributed by atoms with E-state index in [4.69, 9.17) is 19.2 Å². The highest BCUT2D eigenvalue weighted by atomic mass is 16.6. The van der Waals surface area contributed by atoms with Crippen molar-refractivity contribution in [3.8, 4) is 5.75 Å². The van der Waals surface area contributed by atoms with Crippen LogP contribution in [0.25, 0.3) is 21.8 Å². The molecule has 0 saturated heterocycles. The summed E-state index contributed by atoms with van der Waals surface area (Å²) in [6.45, 7) is 9.96. The van der Waals surface area contributed by atoms with Crippen molar-refractivity contribution in [2.45, 2.75) is 65.5 Å². The minimum absolute atomic E-state index is 0.334. The van der Waals surface area contributed by atoms with Crippen molar-refractivity contribution in [3.63, 3.8) is 0 Å². The average molecular weight is 503 g/mol. The number of hydrogen-bond acceptors (Lipinski definition) is 5. The third-order valence-electron chi connectivity index (χ3n) is 6.43. The van der Waals surface area contributed by atoms with Crippen molar-refractivity contribution < 1.29 is 19.0 Å². The van der Waals surface area contributed by atoms with Crippen LogP contribution in [0.4, 0.5) is 0 Å². The molecule has 3 aromatic carbocycles. The number of hydrogen-bond donors (Lipinski definition) is 0. The molecule has 1 aromatic heterocycles. The maximum Gasteiger partial charge on any atom is 0.349 e. The van der Waals surface area contributed by atoms with E-state index < -0.39 is 5.60 Å². The number of rotatable bonds is 13. The minimum atomic E-state index is -1.03. The molecule has 0 aliphatic carbocycles. The number of fused-ring (bicyclic) bond motifs is 2. The molecule has 4 aromatic rings. The summed E-state index contributed by atoms with van der Waals surface area (Å²) in [6.07, 6.45) is 3.81. The Hall–Kier alpha value is -3.38. The largest absolute Gasteiger partial charge is 0.476 e. The first kappa shape index (κ1) is 26.7. The van der Waals surface area contributed by atoms with E-state index in [0.717, 1.165) is 50.2 Å². The second kappa shape index (κ2) is 12.2. The molecule has 0 spiro atoms. The Bertz CT molecular complexity index is 1320. The molecule has 4 rings (SSSR count). The number of esters is 1. The van der Waals surface area contributed by atoms with E-state index in [2.05, 4.69) is 60.0 Å². The van der Waals surface area contributed by atoms with Crippen molar-refractivity contribution in [1.82, 2.24) is 9.55 Å². The molecule has 0 amide bonds. The maximum absolute atomic E-state index is 12.1. The molecular formula is C31H38N2O4. The van der Waals surface area contributed by atoms with Crippen LogP contribution in [-0.4, -0.2) is 40.9 Å². The molecule has 196 valence electrons. The maximum atomic E-state index is 12.1. The summed E-state index contributed by atoms with van der Waals surface area (Å²) < 4.78 is 19.1. The first-order valence-corrected chi connectivity index (χ1v) is 13.3. The lowest BCUT2D eigenvalue weighted by atomic mass is 10.1. The lowest BCUT2D eigenvalue weighted by molar-refractivity contribution is -0.158. The summed E-state index contributed by atoms with van der Waals surface area (Å²) in [4.78, 5) is 17.1. The van der Waals surface area contributed by atoms with Gasteiger partial charge in [-0.2, -0.15) is 0 Å². The summed E-state index contributed by atoms with van der Waals surface area (Å²) >= 11 is 0. The molecule has 1 heterocycles. The fraction of sp³-hybridized carbons (Fsp3) is 0.419. The van der Waals surface area contributed by atoms with Crippen molar-refractivity contribution in [2.24, 2.45) is 0 Å². The van der Waals surface area contributed by atoms with Crippen LogP contribution in [0.1, 0.15) is 51.9 Å². The van der Waals surface area contributed by atoms with Crippen LogP contribution in [0.3, 0.4) is 0 Å². The lowest BCUT2D eigenvalue weighted by Gasteiger charge is -2.24. The molecule has 0 radical (unpaired) electrons. The second-order valence-electron chi connectivity index (χ2n) is 9.81. The van der Waals surface area contributed by atoms with Gasteiger partial charge in [-0.1, -0.05) is 43.3 Å². The van der Waals surface area contributed by atoms with Gasteiger partial charge in [0.05, 0.1) is 24.2 Å². The van der Waals surface area contributed by atoms with Crippen molar-refractivity contribution in [2.75, 3.05) is 19.8 Å². The number of aryl methyl sites for hydroxylation is 2. The van der Waals surface area contributed by atoms with Crippen LogP contribution in [0.2, 0.25) is 0 Å². The summed E-state index contributed by atoms with van der Waals surface area (Å²) in [7, 11) is 0. The molecular weight excluding hydrogens is 464 g/mol. The first-order valence-electron chi connectivity index (χ1n) is 13.3. The van der Waals surface area contributed by atoms with Gasteiger partial charge in [-0.25, -0.2) is 9.78 Å². The predicted octanol–water partition coefficient (Wildman–Crippen LogP) is 6.51. The van der Waals surface area contributed by atoms with Crippen LogP contribution in [0.5, 0.6) is 5.75 Å². The summed E-state index contributed by atoms with van der Waals surface area (Å²) in [5.74, 6) is 1.39. The predicted molar refractivity (Wildman–Crippen MR) is 148 cm³/mol. The molecule has 0 aliphatic heterocycles. The number of carbonyl (C=O) groups excluding carboxylic acids is 1. The molecule has 6 nitrogen and oxygen atoms in total. The molecule has 37 heavy (non-hydrogen) atoms. The van der Waals surface area contributed by atoms with E-state index >= 15 is 0 Å². The standard InChI is InChI=1S/C31H38N2O4/c1-5-19-35-20-18-33-28-22-25-12-8-7-11-24(25)21-27(28)32-29(33)13-9-10-23-14-16-26(17-15-23)37-31(3,4)30(34)36-6-2/h7-8,11-12,14-17,21-22H,5-6,9-10,13,18-20H2,1-4H3. The number of nitrogens with zero attached hydrogens (tertiary/aromatic N) is 2. The number of benzene rings is 3. The minimum Gasteiger partial charge on any atom is -0.476 e. The van der Waals surface area contributed by atoms with E-state index in [1.165, 1.54) is 21.9 Å². The monoisotopic (exact) mass is 502 g/mol. The van der Waals surface area contributed by atoms with E-state index in [9.17, 15) is 4.79 Å². The van der Waals surface area contributed by atoms with Gasteiger partial charge >= 0.3 is 5.97 Å². The Labute approximate surface area is 219 Å². The molecule has 0 atom stereocenters. The highest BCUT2D eigenvalue weighted by Gasteiger charge is 2.31. The number of ether oxygens (including phenoxy) is 3. The van der Waals surface area contributed by atoms with Crippen LogP contribution < -0.4 is 4.74 Å². The Kier molecular flexibility index (Phi) is 8.82. The van der Waals surface area contributed by atoms with Crippen molar-refractivity contribution >= 4 is 27.8 Å². The fourth-order valence-electron chi connectivity index (χ4n) is 4.52. The van der Waals surface area contributed by atoms with E-state index in [1.807, 2.05) is 12.1 Å². The van der Waals surface area contributed by atoms with Crippen LogP contribution >= 0.6 is 0 Å². The zero-order valence-corrected chi connectivity index (χ0v) is 22.5. The summed E-state index contributed by atoms with van der Waals surface area (Å²) in [5, 5.41) is 2.44. The molecule has 0 N–H and O–H groups in total. The normalized spacial score (nSPS) is 11.8. The van der Waals surface area contributed by atoms with Gasteiger partial charge in [-0.05, 0) is 80.6 Å². The Balaban J connectivity index is 1.43. The van der Waals surface area contributed by atoms with Crippen LogP contribution in [0, 0.1) is 0 Å². The zero-order valence-electron chi connectivity index (χ0n) is 22.5. The van der Waals surface area contributed by atoms with Gasteiger partial charge in [0.25, 0.3) is 0 Å². The van der Waals surface area contributed by atoms with E-state index in [-0.39, 0.29) is 5.97 Å². The van der Waals surface area contributed by atoms with Crippen LogP contribution in [-0.2, 0) is 33.7 Å². The number of aromatic nitrogens is 2. The third kappa shape index (κ3) is 6.69. The third-order valence-corrected chi connectivity index (χ3v) is 6.43. The number of carbonyl (C=O) groups is 1. The summed E-state index contributed by atoms with van der Waals surface area (Å²) in [5.41, 5.74) is 2.40. The quantitative estimate of drug-likeness (QED) is 0.154. The molecule has 0 unspecified atom stereocenters. The zero-order chi connectivity index (χ0) is 26.3. The first-order chi connectivity index (χ1) is 17.9. The smallest absolute Gasteiger partial charge is 0.349 e. The highest BCUT2D eigenvalue weighted by Crippen LogP contribution is 2.25. The molecule has 0 aliphatic rings. The van der Waals surface area contributed by atoms with Gasteiger partial charge < -0.3 is 18.8 Å². The van der Waals surface area contributed by atoms with Gasteiger partial charge in [0.2, 0.25) is 0 Å². The number of imidazole rings is 1. The molecule has 6 heteroatoms.